The molecule has 0 spiro atoms. The summed E-state index contributed by atoms with van der Waals surface area (Å²) in [5, 5.41) is 8.15. The van der Waals surface area contributed by atoms with E-state index in [2.05, 4.69) is 2.91 Å². The first kappa shape index (κ1) is 15.7. The fourth-order valence-electron chi connectivity index (χ4n) is 0. The van der Waals surface area contributed by atoms with Gasteiger partial charge < -0.3 is 11.0 Å². The molecule has 7 heavy (non-hydrogen) atoms. The second-order valence-electron chi connectivity index (χ2n) is 0.305. The Labute approximate surface area is 54.6 Å². The Bertz CT molecular complexity index is 43.3. The molecule has 44 valence electrons. The predicted octanol–water partition coefficient (Wildman–Crippen LogP) is -2.37. The average molecular weight is 307 g/mol. The van der Waals surface area contributed by atoms with E-state index in [1.54, 1.807) is 0 Å². The maximum absolute atomic E-state index is 8.98. The Balaban J connectivity index is -0.0000000800. The zero-order valence-corrected chi connectivity index (χ0v) is 6.60. The SMILES string of the molecule is O.O.O=[N+]([O-])[O][Bi]. The molecule has 4 N–H and O–H groups in total. The van der Waals surface area contributed by atoms with Crippen LogP contribution in [0.2, 0.25) is 0 Å². The molecule has 6 nitrogen and oxygen atoms in total. The van der Waals surface area contributed by atoms with E-state index in [0.717, 1.165) is 0 Å². The van der Waals surface area contributed by atoms with Crippen molar-refractivity contribution in [1.29, 1.82) is 0 Å². The summed E-state index contributed by atoms with van der Waals surface area (Å²) in [5.74, 6) is 0. The van der Waals surface area contributed by atoms with Crippen molar-refractivity contribution in [3.8, 4) is 0 Å². The molecule has 0 aliphatic rings. The molecule has 0 aliphatic carbocycles. The molecule has 0 saturated carbocycles. The molecule has 7 heteroatoms. The Morgan fingerprint density at radius 3 is 1.71 bits per heavy atom. The third kappa shape index (κ3) is 24.0. The summed E-state index contributed by atoms with van der Waals surface area (Å²) in [6.45, 7) is 0. The van der Waals surface area contributed by atoms with Crippen molar-refractivity contribution in [2.45, 2.75) is 0 Å². The fraction of sp³-hybridized carbons (Fsp3) is 0. The van der Waals surface area contributed by atoms with Crippen LogP contribution in [0.1, 0.15) is 0 Å². The summed E-state index contributed by atoms with van der Waals surface area (Å²) in [6, 6.07) is 0. The van der Waals surface area contributed by atoms with Gasteiger partial charge in [-0.3, -0.25) is 0 Å². The molecular weight excluding hydrogens is 303 g/mol. The minimum absolute atomic E-state index is 0. The van der Waals surface area contributed by atoms with Gasteiger partial charge in [0.05, 0.1) is 0 Å². The topological polar surface area (TPSA) is 115 Å². The van der Waals surface area contributed by atoms with Crippen molar-refractivity contribution in [3.05, 3.63) is 10.1 Å². The molecule has 0 fully saturated rings. The van der Waals surface area contributed by atoms with Gasteiger partial charge in [0.1, 0.15) is 0 Å². The van der Waals surface area contributed by atoms with Crippen LogP contribution in [0.5, 0.6) is 0 Å². The Kier molecular flexibility index (Phi) is 21.1. The molecule has 0 aromatic carbocycles. The minimum atomic E-state index is -0.826. The standard InChI is InChI=1S/Bi.NO3.2H2O/c;2-1(3)4;;/h;;2*1H2/q+1;-1;;. The number of hydrogen-bond acceptors (Lipinski definition) is 3. The van der Waals surface area contributed by atoms with Crippen LogP contribution in [0.25, 0.3) is 0 Å². The van der Waals surface area contributed by atoms with Crippen LogP contribution in [-0.2, 0) is 2.91 Å². The number of nitrogens with zero attached hydrogens (tertiary/aromatic N) is 1. The fourth-order valence-corrected chi connectivity index (χ4v) is 0. The monoisotopic (exact) mass is 307 g/mol. The summed E-state index contributed by atoms with van der Waals surface area (Å²) in [6.07, 6.45) is 0. The second-order valence-corrected chi connectivity index (χ2v) is 0.940. The quantitative estimate of drug-likeness (QED) is 0.306. The summed E-state index contributed by atoms with van der Waals surface area (Å²) in [7, 11) is 0. The van der Waals surface area contributed by atoms with Crippen LogP contribution in [0, 0.1) is 10.1 Å². The van der Waals surface area contributed by atoms with E-state index in [-0.39, 0.29) is 11.0 Å². The summed E-state index contributed by atoms with van der Waals surface area (Å²) in [4.78, 5) is 8.98. The first-order valence-electron chi connectivity index (χ1n) is 0.730. The van der Waals surface area contributed by atoms with Crippen LogP contribution in [0.3, 0.4) is 0 Å². The van der Waals surface area contributed by atoms with Gasteiger partial charge in [0.15, 0.2) is 0 Å². The molecule has 0 aliphatic heterocycles. The van der Waals surface area contributed by atoms with Gasteiger partial charge in [0, 0.05) is 0 Å². The molecule has 0 unspecified atom stereocenters. The van der Waals surface area contributed by atoms with Crippen LogP contribution >= 0.6 is 0 Å². The molecule has 0 atom stereocenters. The van der Waals surface area contributed by atoms with E-state index in [9.17, 15) is 0 Å². The Morgan fingerprint density at radius 1 is 1.57 bits per heavy atom. The van der Waals surface area contributed by atoms with Crippen LogP contribution in [0.15, 0.2) is 0 Å². The molecule has 0 aromatic rings. The van der Waals surface area contributed by atoms with Gasteiger partial charge >= 0.3 is 43.3 Å². The summed E-state index contributed by atoms with van der Waals surface area (Å²) < 4.78 is 3.58. The van der Waals surface area contributed by atoms with E-state index in [1.165, 1.54) is 0 Å². The molecule has 0 amide bonds. The van der Waals surface area contributed by atoms with Gasteiger partial charge in [-0.25, -0.2) is 0 Å². The molecule has 0 aromatic heterocycles. The molecule has 0 bridgehead atoms. The third-order valence-corrected chi connectivity index (χ3v) is 0.585. The van der Waals surface area contributed by atoms with Crippen molar-refractivity contribution in [3.63, 3.8) is 0 Å². The van der Waals surface area contributed by atoms with Gasteiger partial charge in [0.25, 0.3) is 0 Å². The van der Waals surface area contributed by atoms with E-state index < -0.39 is 5.09 Å². The van der Waals surface area contributed by atoms with Crippen molar-refractivity contribution >= 4 is 25.2 Å². The first-order valence-corrected chi connectivity index (χ1v) is 2.15. The molecule has 0 rings (SSSR count). The van der Waals surface area contributed by atoms with E-state index in [1.807, 2.05) is 0 Å². The molecule has 0 saturated heterocycles. The summed E-state index contributed by atoms with van der Waals surface area (Å²) >= 11 is 0.340. The molecule has 2 radical (unpaired) electrons. The van der Waals surface area contributed by atoms with Gasteiger partial charge in [-0.15, -0.1) is 0 Å². The second kappa shape index (κ2) is 9.38. The average Bonchev–Trinajstić information content (AvgIpc) is 1.38. The van der Waals surface area contributed by atoms with Crippen molar-refractivity contribution < 1.29 is 19.0 Å². The van der Waals surface area contributed by atoms with Gasteiger partial charge in [0.2, 0.25) is 0 Å². The van der Waals surface area contributed by atoms with Crippen molar-refractivity contribution in [1.82, 2.24) is 0 Å². The number of rotatable bonds is 1. The first-order chi connectivity index (χ1) is 2.27. The van der Waals surface area contributed by atoms with Crippen LogP contribution in [0.4, 0.5) is 0 Å². The molecule has 0 heterocycles. The summed E-state index contributed by atoms with van der Waals surface area (Å²) in [5.41, 5.74) is 0. The predicted molar refractivity (Wildman–Crippen MR) is 21.1 cm³/mol. The van der Waals surface area contributed by atoms with Gasteiger partial charge in [-0.2, -0.15) is 0 Å². The van der Waals surface area contributed by atoms with E-state index >= 15 is 0 Å². The third-order valence-electron chi connectivity index (χ3n) is 0.0667. The normalized spacial score (nSPS) is 4.71. The van der Waals surface area contributed by atoms with Gasteiger partial charge in [-0.05, 0) is 0 Å². The Hall–Kier alpha value is 0.00312. The zero-order chi connectivity index (χ0) is 4.28. The van der Waals surface area contributed by atoms with Crippen molar-refractivity contribution in [2.75, 3.05) is 0 Å². The van der Waals surface area contributed by atoms with E-state index in [4.69, 9.17) is 10.1 Å². The number of hydrogen-bond donors (Lipinski definition) is 0. The van der Waals surface area contributed by atoms with Crippen LogP contribution in [-0.4, -0.2) is 41.2 Å². The van der Waals surface area contributed by atoms with Crippen molar-refractivity contribution in [2.24, 2.45) is 0 Å². The zero-order valence-electron chi connectivity index (χ0n) is 3.12. The maximum atomic E-state index is 8.98. The van der Waals surface area contributed by atoms with E-state index in [0.29, 0.717) is 25.2 Å². The van der Waals surface area contributed by atoms with Gasteiger partial charge in [-0.1, -0.05) is 0 Å². The molecular formula is H4BiNO5. The Morgan fingerprint density at radius 2 is 1.71 bits per heavy atom. The van der Waals surface area contributed by atoms with Crippen LogP contribution < -0.4 is 0 Å².